The van der Waals surface area contributed by atoms with Gasteiger partial charge in [-0.2, -0.15) is 0 Å². The highest BCUT2D eigenvalue weighted by Gasteiger charge is 2.21. The highest BCUT2D eigenvalue weighted by Crippen LogP contribution is 2.21. The molecular weight excluding hydrogens is 338 g/mol. The number of hydrogen-bond acceptors (Lipinski definition) is 3. The maximum absolute atomic E-state index is 11.8. The normalized spacial score (nSPS) is 14.5. The quantitative estimate of drug-likeness (QED) is 0.609. The molecule has 142 valence electrons. The highest BCUT2D eigenvalue weighted by atomic mass is 16.2. The molecule has 6 nitrogen and oxygen atoms in total. The molecule has 0 saturated carbocycles. The summed E-state index contributed by atoms with van der Waals surface area (Å²) in [4.78, 5) is 22.1. The van der Waals surface area contributed by atoms with Gasteiger partial charge in [0.05, 0.1) is 0 Å². The van der Waals surface area contributed by atoms with Gasteiger partial charge >= 0.3 is 0 Å². The van der Waals surface area contributed by atoms with E-state index in [2.05, 4.69) is 45.7 Å². The van der Waals surface area contributed by atoms with Crippen LogP contribution < -0.4 is 15.5 Å². The topological polar surface area (TPSA) is 69.6 Å². The van der Waals surface area contributed by atoms with Crippen molar-refractivity contribution in [1.82, 2.24) is 15.6 Å². The number of rotatable bonds is 6. The Labute approximate surface area is 160 Å². The van der Waals surface area contributed by atoms with Gasteiger partial charge in [-0.05, 0) is 54.7 Å². The van der Waals surface area contributed by atoms with E-state index in [1.807, 2.05) is 29.4 Å². The predicted molar refractivity (Wildman–Crippen MR) is 109 cm³/mol. The molecule has 1 aromatic heterocycles. The summed E-state index contributed by atoms with van der Waals surface area (Å²) >= 11 is 0. The molecule has 1 fully saturated rings. The number of nitrogens with zero attached hydrogens (tertiary/aromatic N) is 3. The van der Waals surface area contributed by atoms with E-state index in [-0.39, 0.29) is 5.91 Å². The number of nitrogens with one attached hydrogen (secondary N) is 2. The van der Waals surface area contributed by atoms with Crippen LogP contribution in [-0.2, 0) is 17.8 Å². The van der Waals surface area contributed by atoms with Crippen molar-refractivity contribution in [1.29, 1.82) is 0 Å². The lowest BCUT2D eigenvalue weighted by molar-refractivity contribution is -0.117. The lowest BCUT2D eigenvalue weighted by Crippen LogP contribution is -2.37. The second kappa shape index (κ2) is 9.16. The SMILES string of the molecule is CN=C(NCCc1ccncc1C)NCc1ccc(N2CCCC2=O)cc1. The average molecular weight is 365 g/mol. The Morgan fingerprint density at radius 2 is 2.04 bits per heavy atom. The van der Waals surface area contributed by atoms with Crippen LogP contribution in [0.5, 0.6) is 0 Å². The molecule has 0 bridgehead atoms. The first-order chi connectivity index (χ1) is 13.2. The van der Waals surface area contributed by atoms with E-state index in [4.69, 9.17) is 0 Å². The summed E-state index contributed by atoms with van der Waals surface area (Å²) in [5.74, 6) is 0.996. The number of aromatic nitrogens is 1. The van der Waals surface area contributed by atoms with Crippen LogP contribution >= 0.6 is 0 Å². The number of hydrogen-bond donors (Lipinski definition) is 2. The number of pyridine rings is 1. The summed E-state index contributed by atoms with van der Waals surface area (Å²) in [7, 11) is 1.77. The zero-order valence-electron chi connectivity index (χ0n) is 16.0. The fourth-order valence-electron chi connectivity index (χ4n) is 3.22. The van der Waals surface area contributed by atoms with Crippen molar-refractivity contribution >= 4 is 17.6 Å². The Morgan fingerprint density at radius 3 is 2.70 bits per heavy atom. The molecule has 0 radical (unpaired) electrons. The molecule has 1 saturated heterocycles. The number of carbonyl (C=O) groups excluding carboxylic acids is 1. The standard InChI is InChI=1S/C21H27N5O/c1-16-14-23-11-9-18(16)10-12-24-21(22-2)25-15-17-5-7-19(8-6-17)26-13-3-4-20(26)27/h5-9,11,14H,3-4,10,12-13,15H2,1-2H3,(H2,22,24,25). The third-order valence-corrected chi connectivity index (χ3v) is 4.83. The van der Waals surface area contributed by atoms with Crippen LogP contribution in [0.4, 0.5) is 5.69 Å². The summed E-state index contributed by atoms with van der Waals surface area (Å²) in [5.41, 5.74) is 4.63. The van der Waals surface area contributed by atoms with Crippen LogP contribution in [0.1, 0.15) is 29.5 Å². The number of anilines is 1. The van der Waals surface area contributed by atoms with Crippen LogP contribution in [0, 0.1) is 6.92 Å². The maximum atomic E-state index is 11.8. The monoisotopic (exact) mass is 365 g/mol. The smallest absolute Gasteiger partial charge is 0.227 e. The number of benzene rings is 1. The van der Waals surface area contributed by atoms with Gasteiger partial charge in [-0.15, -0.1) is 0 Å². The Morgan fingerprint density at radius 1 is 1.22 bits per heavy atom. The largest absolute Gasteiger partial charge is 0.356 e. The van der Waals surface area contributed by atoms with Gasteiger partial charge in [-0.25, -0.2) is 0 Å². The molecule has 0 spiro atoms. The van der Waals surface area contributed by atoms with Crippen LogP contribution in [0.15, 0.2) is 47.7 Å². The summed E-state index contributed by atoms with van der Waals surface area (Å²) in [6.45, 7) is 4.39. The first kappa shape index (κ1) is 18.9. The van der Waals surface area contributed by atoms with Crippen molar-refractivity contribution in [3.05, 3.63) is 59.4 Å². The van der Waals surface area contributed by atoms with Crippen LogP contribution in [0.25, 0.3) is 0 Å². The predicted octanol–water partition coefficient (Wildman–Crippen LogP) is 2.42. The molecule has 0 atom stereocenters. The highest BCUT2D eigenvalue weighted by molar-refractivity contribution is 5.95. The second-order valence-corrected chi connectivity index (χ2v) is 6.72. The van der Waals surface area contributed by atoms with Gasteiger partial charge in [0.1, 0.15) is 0 Å². The van der Waals surface area contributed by atoms with E-state index in [0.29, 0.717) is 13.0 Å². The molecule has 1 aromatic carbocycles. The molecule has 0 aliphatic carbocycles. The van der Waals surface area contributed by atoms with Crippen molar-refractivity contribution in [2.75, 3.05) is 25.0 Å². The van der Waals surface area contributed by atoms with Crippen molar-refractivity contribution in [2.24, 2.45) is 4.99 Å². The minimum Gasteiger partial charge on any atom is -0.356 e. The molecule has 2 heterocycles. The molecule has 6 heteroatoms. The molecule has 1 aliphatic rings. The van der Waals surface area contributed by atoms with E-state index >= 15 is 0 Å². The van der Waals surface area contributed by atoms with Crippen molar-refractivity contribution in [3.8, 4) is 0 Å². The summed E-state index contributed by atoms with van der Waals surface area (Å²) in [6.07, 6.45) is 6.25. The van der Waals surface area contributed by atoms with Crippen molar-refractivity contribution in [2.45, 2.75) is 32.7 Å². The zero-order valence-corrected chi connectivity index (χ0v) is 16.0. The molecule has 27 heavy (non-hydrogen) atoms. The third kappa shape index (κ3) is 5.06. The molecule has 2 N–H and O–H groups in total. The minimum absolute atomic E-state index is 0.218. The van der Waals surface area contributed by atoms with Gasteiger partial charge in [-0.1, -0.05) is 12.1 Å². The zero-order chi connectivity index (χ0) is 19.1. The molecule has 3 rings (SSSR count). The fourth-order valence-corrected chi connectivity index (χ4v) is 3.22. The number of aliphatic imine (C=N–C) groups is 1. The summed E-state index contributed by atoms with van der Waals surface area (Å²) in [6, 6.07) is 10.2. The van der Waals surface area contributed by atoms with Crippen LogP contribution in [0.3, 0.4) is 0 Å². The summed E-state index contributed by atoms with van der Waals surface area (Å²) in [5, 5.41) is 6.67. The molecule has 1 aliphatic heterocycles. The molecule has 2 aromatic rings. The van der Waals surface area contributed by atoms with Crippen LogP contribution in [-0.4, -0.2) is 37.0 Å². The summed E-state index contributed by atoms with van der Waals surface area (Å²) < 4.78 is 0. The van der Waals surface area contributed by atoms with Crippen LogP contribution in [0.2, 0.25) is 0 Å². The number of amides is 1. The Kier molecular flexibility index (Phi) is 6.41. The lowest BCUT2D eigenvalue weighted by atomic mass is 10.1. The fraction of sp³-hybridized carbons (Fsp3) is 0.381. The number of guanidine groups is 1. The molecule has 0 unspecified atom stereocenters. The van der Waals surface area contributed by atoms with E-state index in [1.165, 1.54) is 11.1 Å². The molecular formula is C21H27N5O. The van der Waals surface area contributed by atoms with Gasteiger partial charge in [0.25, 0.3) is 0 Å². The van der Waals surface area contributed by atoms with Gasteiger partial charge in [0.2, 0.25) is 5.91 Å². The second-order valence-electron chi connectivity index (χ2n) is 6.72. The first-order valence-corrected chi connectivity index (χ1v) is 9.40. The van der Waals surface area contributed by atoms with Crippen molar-refractivity contribution in [3.63, 3.8) is 0 Å². The van der Waals surface area contributed by atoms with E-state index < -0.39 is 0 Å². The Bertz CT molecular complexity index is 800. The van der Waals surface area contributed by atoms with E-state index in [1.54, 1.807) is 7.05 Å². The molecule has 1 amide bonds. The Hall–Kier alpha value is -2.89. The van der Waals surface area contributed by atoms with E-state index in [9.17, 15) is 4.79 Å². The first-order valence-electron chi connectivity index (χ1n) is 9.40. The van der Waals surface area contributed by atoms with E-state index in [0.717, 1.165) is 43.1 Å². The van der Waals surface area contributed by atoms with Gasteiger partial charge in [0, 0.05) is 51.2 Å². The van der Waals surface area contributed by atoms with Crippen molar-refractivity contribution < 1.29 is 4.79 Å². The number of carbonyl (C=O) groups is 1. The van der Waals surface area contributed by atoms with Gasteiger partial charge < -0.3 is 15.5 Å². The third-order valence-electron chi connectivity index (χ3n) is 4.83. The average Bonchev–Trinajstić information content (AvgIpc) is 3.12. The lowest BCUT2D eigenvalue weighted by Gasteiger charge is -2.16. The maximum Gasteiger partial charge on any atom is 0.227 e. The van der Waals surface area contributed by atoms with Gasteiger partial charge in [0.15, 0.2) is 5.96 Å². The minimum atomic E-state index is 0.218. The Balaban J connectivity index is 1.46. The van der Waals surface area contributed by atoms with Gasteiger partial charge in [-0.3, -0.25) is 14.8 Å². The number of aryl methyl sites for hydroxylation is 1.